The first-order valence-corrected chi connectivity index (χ1v) is 13.2. The topological polar surface area (TPSA) is 226 Å². The van der Waals surface area contributed by atoms with Gasteiger partial charge >= 0.3 is 0 Å². The van der Waals surface area contributed by atoms with Gasteiger partial charge in [0.2, 0.25) is 0 Å². The minimum absolute atomic E-state index is 0.100. The van der Waals surface area contributed by atoms with E-state index in [-0.39, 0.29) is 26.1 Å². The normalized spacial score (nSPS) is 44.9. The first-order chi connectivity index (χ1) is 17.9. The number of hydrogen-bond donors (Lipinski definition) is 10. The summed E-state index contributed by atoms with van der Waals surface area (Å²) in [6, 6.07) is -2.65. The molecule has 14 nitrogen and oxygen atoms in total. The molecule has 1 aliphatic carbocycles. The third-order valence-corrected chi connectivity index (χ3v) is 8.21. The number of likely N-dealkylation sites (N-methyl/N-ethyl adjacent to an activating group) is 2. The summed E-state index contributed by atoms with van der Waals surface area (Å²) < 4.78 is 18.0. The highest BCUT2D eigenvalue weighted by molar-refractivity contribution is 5.87. The van der Waals surface area contributed by atoms with Crippen molar-refractivity contribution in [3.8, 4) is 0 Å². The summed E-state index contributed by atoms with van der Waals surface area (Å²) in [6.07, 6.45) is -2.87. The molecule has 14 heteroatoms. The summed E-state index contributed by atoms with van der Waals surface area (Å²) in [5.74, 6) is -0.587. The van der Waals surface area contributed by atoms with Crippen LogP contribution in [0.25, 0.3) is 0 Å². The molecule has 0 bridgehead atoms. The lowest BCUT2D eigenvalue weighted by atomic mass is 9.72. The van der Waals surface area contributed by atoms with E-state index in [1.165, 1.54) is 6.92 Å². The van der Waals surface area contributed by atoms with Crippen LogP contribution in [0, 0.1) is 5.92 Å². The highest BCUT2D eigenvalue weighted by atomic mass is 16.7. The zero-order chi connectivity index (χ0) is 27.8. The van der Waals surface area contributed by atoms with Crippen molar-refractivity contribution in [3.05, 3.63) is 11.8 Å². The molecule has 3 heterocycles. The average molecular weight is 545 g/mol. The van der Waals surface area contributed by atoms with E-state index in [4.69, 9.17) is 25.7 Å². The summed E-state index contributed by atoms with van der Waals surface area (Å²) in [7, 11) is 3.40. The van der Waals surface area contributed by atoms with Gasteiger partial charge < -0.3 is 67.4 Å². The molecule has 0 aromatic carbocycles. The molecule has 3 aliphatic heterocycles. The van der Waals surface area contributed by atoms with E-state index >= 15 is 0 Å². The summed E-state index contributed by atoms with van der Waals surface area (Å²) in [5, 5.41) is 55.4. The molecule has 0 radical (unpaired) electrons. The molecule has 1 saturated carbocycles. The van der Waals surface area contributed by atoms with E-state index < -0.39 is 77.9 Å². The zero-order valence-corrected chi connectivity index (χ0v) is 22.2. The number of ether oxygens (including phenoxy) is 3. The maximum Gasteiger partial charge on any atom is 0.254 e. The van der Waals surface area contributed by atoms with Crippen molar-refractivity contribution in [3.63, 3.8) is 0 Å². The molecular formula is C24H44N6O8. The number of carbonyl (C=O) groups is 1. The van der Waals surface area contributed by atoms with Crippen LogP contribution in [0.5, 0.6) is 0 Å². The van der Waals surface area contributed by atoms with Crippen LogP contribution >= 0.6 is 0 Å². The molecule has 0 spiro atoms. The predicted molar refractivity (Wildman–Crippen MR) is 135 cm³/mol. The van der Waals surface area contributed by atoms with E-state index in [1.807, 2.05) is 6.08 Å². The zero-order valence-electron chi connectivity index (χ0n) is 22.2. The van der Waals surface area contributed by atoms with Crippen LogP contribution in [0.4, 0.5) is 0 Å². The predicted octanol–water partition coefficient (Wildman–Crippen LogP) is -4.83. The molecule has 38 heavy (non-hydrogen) atoms. The van der Waals surface area contributed by atoms with Gasteiger partial charge in [-0.2, -0.15) is 0 Å². The number of nitrogens with one attached hydrogen (secondary N) is 4. The summed E-state index contributed by atoms with van der Waals surface area (Å²) in [6.45, 7) is 2.09. The van der Waals surface area contributed by atoms with E-state index in [9.17, 15) is 25.2 Å². The first-order valence-electron chi connectivity index (χ1n) is 13.2. The van der Waals surface area contributed by atoms with E-state index in [1.54, 1.807) is 14.1 Å². The standard InChI is InChI=1S/C24H44N6O8/c1-23(34)10-36-21(17(32)20(23)28-3)38-19-14(30-22(33)24(35)8-29-9-24)6-13(26)15(16(19)31)18-12(25)5-4-11(37-18)7-27-2/h4,12-21,27-29,31-32,34-35H,5-10,25-26H2,1-3H3,(H,30,33)/t12-,13+,14-,15?,16+,17-,18+,19+,20-,21-,23+/m1/s1. The Balaban J connectivity index is 1.58. The highest BCUT2D eigenvalue weighted by Gasteiger charge is 2.54. The molecule has 11 atom stereocenters. The van der Waals surface area contributed by atoms with Gasteiger partial charge in [0.05, 0.1) is 31.3 Å². The van der Waals surface area contributed by atoms with Gasteiger partial charge in [0.1, 0.15) is 29.7 Å². The van der Waals surface area contributed by atoms with Gasteiger partial charge in [0, 0.05) is 31.1 Å². The van der Waals surface area contributed by atoms with Crippen molar-refractivity contribution in [2.75, 3.05) is 40.3 Å². The molecule has 1 amide bonds. The van der Waals surface area contributed by atoms with Crippen molar-refractivity contribution >= 4 is 5.91 Å². The molecular weight excluding hydrogens is 500 g/mol. The minimum atomic E-state index is -1.57. The third-order valence-electron chi connectivity index (χ3n) is 8.21. The molecule has 4 aliphatic rings. The highest BCUT2D eigenvalue weighted by Crippen LogP contribution is 2.36. The van der Waals surface area contributed by atoms with Gasteiger partial charge in [0.15, 0.2) is 11.9 Å². The Morgan fingerprint density at radius 2 is 1.92 bits per heavy atom. The molecule has 0 aromatic heterocycles. The van der Waals surface area contributed by atoms with Crippen LogP contribution in [0.1, 0.15) is 19.8 Å². The number of carbonyl (C=O) groups excluding carboxylic acids is 1. The number of rotatable bonds is 8. The Morgan fingerprint density at radius 3 is 2.53 bits per heavy atom. The van der Waals surface area contributed by atoms with Crippen molar-refractivity contribution < 1.29 is 39.4 Å². The van der Waals surface area contributed by atoms with Gasteiger partial charge in [-0.3, -0.25) is 4.79 Å². The second-order valence-electron chi connectivity index (χ2n) is 11.3. The van der Waals surface area contributed by atoms with Gasteiger partial charge in [0.25, 0.3) is 5.91 Å². The minimum Gasteiger partial charge on any atom is -0.492 e. The molecule has 2 saturated heterocycles. The molecule has 4 rings (SSSR count). The van der Waals surface area contributed by atoms with E-state index in [2.05, 4.69) is 21.3 Å². The second-order valence-corrected chi connectivity index (χ2v) is 11.3. The summed E-state index contributed by atoms with van der Waals surface area (Å²) >= 11 is 0. The van der Waals surface area contributed by atoms with Gasteiger partial charge in [-0.1, -0.05) is 0 Å². The monoisotopic (exact) mass is 544 g/mol. The lowest BCUT2D eigenvalue weighted by Gasteiger charge is -2.51. The fraction of sp³-hybridized carbons (Fsp3) is 0.875. The number of β-amino-alcohol motifs (C(OH)–C–C–N with tert-alkyl or cyclic N) is 1. The quantitative estimate of drug-likeness (QED) is 0.139. The number of nitrogens with two attached hydrogens (primary N) is 2. The molecule has 12 N–H and O–H groups in total. The Bertz CT molecular complexity index is 873. The van der Waals surface area contributed by atoms with Crippen LogP contribution < -0.4 is 32.7 Å². The van der Waals surface area contributed by atoms with Crippen molar-refractivity contribution in [2.24, 2.45) is 17.4 Å². The Labute approximate surface area is 222 Å². The number of aliphatic hydroxyl groups is 4. The number of aliphatic hydroxyl groups excluding tert-OH is 2. The smallest absolute Gasteiger partial charge is 0.254 e. The molecule has 218 valence electrons. The van der Waals surface area contributed by atoms with Gasteiger partial charge in [-0.05, 0) is 39.9 Å². The van der Waals surface area contributed by atoms with E-state index in [0.717, 1.165) is 0 Å². The first kappa shape index (κ1) is 29.6. The maximum absolute atomic E-state index is 12.9. The Morgan fingerprint density at radius 1 is 1.21 bits per heavy atom. The van der Waals surface area contributed by atoms with Crippen LogP contribution in [-0.4, -0.2) is 133 Å². The average Bonchev–Trinajstić information content (AvgIpc) is 2.83. The summed E-state index contributed by atoms with van der Waals surface area (Å²) in [4.78, 5) is 12.9. The van der Waals surface area contributed by atoms with Crippen LogP contribution in [-0.2, 0) is 19.0 Å². The fourth-order valence-corrected chi connectivity index (χ4v) is 5.96. The van der Waals surface area contributed by atoms with Crippen LogP contribution in [0.2, 0.25) is 0 Å². The summed E-state index contributed by atoms with van der Waals surface area (Å²) in [5.41, 5.74) is 10.0. The maximum atomic E-state index is 12.9. The SMILES string of the molecule is CNCC1=CC[C@@H](N)[C@@H](C2[C@@H](N)C[C@@H](NC(=O)C3(O)CNC3)[C@H](O[C@H]3OC[C@](C)(O)[C@H](NC)[C@H]3O)[C@H]2O)O1. The lowest BCUT2D eigenvalue weighted by molar-refractivity contribution is -0.297. The van der Waals surface area contributed by atoms with Gasteiger partial charge in [-0.15, -0.1) is 0 Å². The van der Waals surface area contributed by atoms with Crippen LogP contribution in [0.15, 0.2) is 11.8 Å². The van der Waals surface area contributed by atoms with Crippen molar-refractivity contribution in [1.82, 2.24) is 21.3 Å². The molecule has 3 fully saturated rings. The van der Waals surface area contributed by atoms with Gasteiger partial charge in [-0.25, -0.2) is 0 Å². The Hall–Kier alpha value is -1.43. The van der Waals surface area contributed by atoms with E-state index in [0.29, 0.717) is 18.7 Å². The largest absolute Gasteiger partial charge is 0.492 e. The fourth-order valence-electron chi connectivity index (χ4n) is 5.96. The van der Waals surface area contributed by atoms with Crippen molar-refractivity contribution in [1.29, 1.82) is 0 Å². The van der Waals surface area contributed by atoms with Crippen LogP contribution in [0.3, 0.4) is 0 Å². The molecule has 0 aromatic rings. The third kappa shape index (κ3) is 5.71. The Kier molecular flexibility index (Phi) is 9.01. The number of amides is 1. The molecule has 1 unspecified atom stereocenters. The lowest BCUT2D eigenvalue weighted by Crippen LogP contribution is -2.72. The second kappa shape index (κ2) is 11.6. The van der Waals surface area contributed by atoms with Crippen molar-refractivity contribution in [2.45, 2.75) is 85.8 Å². The number of hydrogen-bond acceptors (Lipinski definition) is 13.